The zero-order chi connectivity index (χ0) is 14.4. The van der Waals surface area contributed by atoms with Crippen LogP contribution < -0.4 is 5.84 Å². The van der Waals surface area contributed by atoms with Crippen molar-refractivity contribution in [2.75, 3.05) is 0 Å². The van der Waals surface area contributed by atoms with Gasteiger partial charge in [0.2, 0.25) is 0 Å². The molecule has 0 atom stereocenters. The second-order valence-corrected chi connectivity index (χ2v) is 3.87. The summed E-state index contributed by atoms with van der Waals surface area (Å²) in [5, 5.41) is 20.4. The van der Waals surface area contributed by atoms with Gasteiger partial charge in [0, 0.05) is 5.56 Å². The molecule has 0 heterocycles. The number of hydrogen-bond acceptors (Lipinski definition) is 4. The van der Waals surface area contributed by atoms with Crippen LogP contribution in [-0.2, 0) is 0 Å². The van der Waals surface area contributed by atoms with E-state index in [1.54, 1.807) is 24.3 Å². The Bertz CT molecular complexity index is 649. The van der Waals surface area contributed by atoms with Crippen LogP contribution in [-0.4, -0.2) is 16.9 Å². The van der Waals surface area contributed by atoms with Crippen LogP contribution in [0.15, 0.2) is 69.9 Å². The summed E-state index contributed by atoms with van der Waals surface area (Å²) >= 11 is 0. The molecule has 2 aromatic carbocycles. The maximum absolute atomic E-state index is 10.8. The molecular formula is C14H12N4O2. The smallest absolute Gasteiger partial charge is 0.335 e. The van der Waals surface area contributed by atoms with Crippen LogP contribution in [0.2, 0.25) is 0 Å². The topological polar surface area (TPSA) is 100 Å². The van der Waals surface area contributed by atoms with E-state index < -0.39 is 5.97 Å². The zero-order valence-electron chi connectivity index (χ0n) is 10.5. The summed E-state index contributed by atoms with van der Waals surface area (Å²) in [5.41, 5.74) is 1.46. The van der Waals surface area contributed by atoms with Crippen molar-refractivity contribution < 1.29 is 9.90 Å². The van der Waals surface area contributed by atoms with Crippen LogP contribution in [0, 0.1) is 0 Å². The van der Waals surface area contributed by atoms with Gasteiger partial charge >= 0.3 is 5.97 Å². The van der Waals surface area contributed by atoms with E-state index in [0.717, 1.165) is 0 Å². The van der Waals surface area contributed by atoms with E-state index in [9.17, 15) is 4.79 Å². The van der Waals surface area contributed by atoms with Gasteiger partial charge in [-0.2, -0.15) is 5.10 Å². The van der Waals surface area contributed by atoms with Crippen molar-refractivity contribution >= 4 is 17.5 Å². The number of hydrogen-bond donors (Lipinski definition) is 2. The average Bonchev–Trinajstić information content (AvgIpc) is 2.49. The number of amidine groups is 1. The third-order valence-corrected chi connectivity index (χ3v) is 2.53. The van der Waals surface area contributed by atoms with Crippen LogP contribution in [0.1, 0.15) is 15.9 Å². The van der Waals surface area contributed by atoms with E-state index in [-0.39, 0.29) is 11.4 Å². The number of carboxylic acids is 1. The first kappa shape index (κ1) is 13.4. The van der Waals surface area contributed by atoms with E-state index in [1.165, 1.54) is 12.1 Å². The Labute approximate surface area is 115 Å². The van der Waals surface area contributed by atoms with Crippen molar-refractivity contribution in [3.8, 4) is 0 Å². The number of carbonyl (C=O) groups is 1. The van der Waals surface area contributed by atoms with E-state index in [2.05, 4.69) is 15.3 Å². The fraction of sp³-hybridized carbons (Fsp3) is 0. The molecule has 3 N–H and O–H groups in total. The van der Waals surface area contributed by atoms with Crippen molar-refractivity contribution in [1.82, 2.24) is 0 Å². The van der Waals surface area contributed by atoms with Gasteiger partial charge in [-0.25, -0.2) is 4.79 Å². The molecule has 6 heteroatoms. The average molecular weight is 268 g/mol. The highest BCUT2D eigenvalue weighted by molar-refractivity contribution is 6.00. The minimum absolute atomic E-state index is 0.185. The maximum atomic E-state index is 10.8. The number of carboxylic acid groups (broad SMARTS) is 1. The lowest BCUT2D eigenvalue weighted by atomic mass is 10.1. The standard InChI is InChI=1S/C14H12N4O2/c15-16-13(18-17-12-4-2-1-3-5-12)10-6-8-11(9-7-10)14(19)20/h1-9H,15H2,(H,19,20). The van der Waals surface area contributed by atoms with Crippen molar-refractivity contribution in [3.05, 3.63) is 65.7 Å². The van der Waals surface area contributed by atoms with Gasteiger partial charge in [-0.15, -0.1) is 10.2 Å². The van der Waals surface area contributed by atoms with Crippen molar-refractivity contribution in [2.24, 2.45) is 21.2 Å². The lowest BCUT2D eigenvalue weighted by molar-refractivity contribution is 0.0697. The molecule has 0 fully saturated rings. The predicted molar refractivity (Wildman–Crippen MR) is 75.1 cm³/mol. The fourth-order valence-electron chi connectivity index (χ4n) is 1.52. The van der Waals surface area contributed by atoms with Crippen molar-refractivity contribution in [3.63, 3.8) is 0 Å². The molecule has 0 aromatic heterocycles. The summed E-state index contributed by atoms with van der Waals surface area (Å²) in [6.45, 7) is 0. The summed E-state index contributed by atoms with van der Waals surface area (Å²) < 4.78 is 0. The van der Waals surface area contributed by atoms with Crippen molar-refractivity contribution in [1.29, 1.82) is 0 Å². The Hall–Kier alpha value is -3.02. The van der Waals surface area contributed by atoms with Gasteiger partial charge in [0.05, 0.1) is 11.3 Å². The maximum Gasteiger partial charge on any atom is 0.335 e. The highest BCUT2D eigenvalue weighted by Crippen LogP contribution is 2.12. The number of nitrogens with two attached hydrogens (primary N) is 1. The second-order valence-electron chi connectivity index (χ2n) is 3.87. The van der Waals surface area contributed by atoms with Gasteiger partial charge in [-0.1, -0.05) is 30.3 Å². The molecule has 100 valence electrons. The molecule has 0 saturated heterocycles. The summed E-state index contributed by atoms with van der Waals surface area (Å²) in [4.78, 5) is 10.8. The normalized spacial score (nSPS) is 11.7. The Morgan fingerprint density at radius 3 is 2.10 bits per heavy atom. The molecule has 0 unspecified atom stereocenters. The molecule has 0 aliphatic carbocycles. The van der Waals surface area contributed by atoms with Crippen LogP contribution in [0.4, 0.5) is 5.69 Å². The van der Waals surface area contributed by atoms with Gasteiger partial charge in [-0.3, -0.25) is 0 Å². The summed E-state index contributed by atoms with van der Waals surface area (Å²) in [6.07, 6.45) is 0. The first-order valence-corrected chi connectivity index (χ1v) is 5.79. The van der Waals surface area contributed by atoms with Gasteiger partial charge < -0.3 is 10.9 Å². The van der Waals surface area contributed by atoms with Crippen LogP contribution in [0.5, 0.6) is 0 Å². The number of rotatable bonds is 3. The lowest BCUT2D eigenvalue weighted by Crippen LogP contribution is -2.02. The molecule has 0 amide bonds. The highest BCUT2D eigenvalue weighted by Gasteiger charge is 2.05. The highest BCUT2D eigenvalue weighted by atomic mass is 16.4. The number of nitrogens with zero attached hydrogens (tertiary/aromatic N) is 3. The van der Waals surface area contributed by atoms with E-state index in [0.29, 0.717) is 11.3 Å². The molecule has 0 saturated carbocycles. The first-order valence-electron chi connectivity index (χ1n) is 5.79. The van der Waals surface area contributed by atoms with Gasteiger partial charge in [-0.05, 0) is 24.3 Å². The molecule has 0 aliphatic heterocycles. The predicted octanol–water partition coefficient (Wildman–Crippen LogP) is 2.79. The third kappa shape index (κ3) is 3.26. The molecule has 20 heavy (non-hydrogen) atoms. The molecule has 0 radical (unpaired) electrons. The van der Waals surface area contributed by atoms with Crippen LogP contribution in [0.3, 0.4) is 0 Å². The Morgan fingerprint density at radius 2 is 1.55 bits per heavy atom. The molecule has 0 aliphatic rings. The van der Waals surface area contributed by atoms with Gasteiger partial charge in [0.1, 0.15) is 0 Å². The van der Waals surface area contributed by atoms with E-state index in [1.807, 2.05) is 18.2 Å². The zero-order valence-corrected chi connectivity index (χ0v) is 10.5. The summed E-state index contributed by atoms with van der Waals surface area (Å²) in [6, 6.07) is 15.2. The number of benzene rings is 2. The quantitative estimate of drug-likeness (QED) is 0.294. The minimum atomic E-state index is -0.992. The number of aromatic carboxylic acids is 1. The minimum Gasteiger partial charge on any atom is -0.478 e. The molecule has 2 rings (SSSR count). The number of hydrazone groups is 1. The largest absolute Gasteiger partial charge is 0.478 e. The fourth-order valence-corrected chi connectivity index (χ4v) is 1.52. The van der Waals surface area contributed by atoms with Gasteiger partial charge in [0.25, 0.3) is 0 Å². The summed E-state index contributed by atoms with van der Waals surface area (Å²) in [5.74, 6) is 4.52. The Morgan fingerprint density at radius 1 is 0.950 bits per heavy atom. The van der Waals surface area contributed by atoms with Crippen molar-refractivity contribution in [2.45, 2.75) is 0 Å². The Balaban J connectivity index is 2.21. The molecular weight excluding hydrogens is 256 g/mol. The molecule has 0 bridgehead atoms. The Kier molecular flexibility index (Phi) is 4.18. The van der Waals surface area contributed by atoms with Crippen LogP contribution in [0.25, 0.3) is 0 Å². The number of azo groups is 1. The van der Waals surface area contributed by atoms with E-state index >= 15 is 0 Å². The summed E-state index contributed by atoms with van der Waals surface area (Å²) in [7, 11) is 0. The van der Waals surface area contributed by atoms with E-state index in [4.69, 9.17) is 10.9 Å². The van der Waals surface area contributed by atoms with Gasteiger partial charge in [0.15, 0.2) is 5.84 Å². The van der Waals surface area contributed by atoms with Crippen LogP contribution >= 0.6 is 0 Å². The lowest BCUT2D eigenvalue weighted by Gasteiger charge is -1.99. The second kappa shape index (κ2) is 6.24. The molecule has 6 nitrogen and oxygen atoms in total. The monoisotopic (exact) mass is 268 g/mol. The third-order valence-electron chi connectivity index (χ3n) is 2.53. The SMILES string of the molecule is NN=C(N=Nc1ccccc1)c1ccc(C(=O)O)cc1. The molecule has 2 aromatic rings. The first-order chi connectivity index (χ1) is 9.70. The molecule has 0 spiro atoms.